The molecule has 0 bridgehead atoms. The number of methoxy groups -OCH3 is 1. The number of nitrogens with two attached hydrogens (primary N) is 1. The molecule has 2 aromatic rings. The van der Waals surface area contributed by atoms with E-state index in [-0.39, 0.29) is 5.91 Å². The Kier molecular flexibility index (Phi) is 6.28. The second-order valence-corrected chi connectivity index (χ2v) is 6.76. The largest absolute Gasteiger partial charge is 0.399 e. The molecule has 1 aromatic carbocycles. The van der Waals surface area contributed by atoms with Gasteiger partial charge in [-0.1, -0.05) is 11.3 Å². The van der Waals surface area contributed by atoms with Crippen LogP contribution in [0.2, 0.25) is 0 Å². The number of nitrogens with one attached hydrogen (secondary N) is 1. The Balaban J connectivity index is 1.76. The lowest BCUT2D eigenvalue weighted by atomic mass is 10.3. The molecule has 0 aliphatic carbocycles. The first-order valence-corrected chi connectivity index (χ1v) is 8.69. The smallest absolute Gasteiger partial charge is 0.226 e. The second kappa shape index (κ2) is 8.21. The standard InChI is InChI=1S/C14H19N3O2S2/c1-19-6-8-20-7-2-3-13(18)17-14-16-11-5-4-10(15)9-12(11)21-14/h4-5,9H,2-3,6-8,15H2,1H3,(H,16,17,18). The number of nitrogens with zero attached hydrogens (tertiary/aromatic N) is 1. The van der Waals surface area contributed by atoms with Gasteiger partial charge in [0.1, 0.15) is 0 Å². The lowest BCUT2D eigenvalue weighted by Gasteiger charge is -2.02. The van der Waals surface area contributed by atoms with Crippen molar-refractivity contribution in [3.8, 4) is 0 Å². The molecule has 0 atom stereocenters. The van der Waals surface area contributed by atoms with E-state index in [1.807, 2.05) is 18.2 Å². The lowest BCUT2D eigenvalue weighted by molar-refractivity contribution is -0.116. The van der Waals surface area contributed by atoms with Crippen LogP contribution in [-0.2, 0) is 9.53 Å². The van der Waals surface area contributed by atoms with E-state index in [1.165, 1.54) is 11.3 Å². The molecule has 0 aliphatic heterocycles. The van der Waals surface area contributed by atoms with Crippen molar-refractivity contribution >= 4 is 50.0 Å². The minimum atomic E-state index is 0.00868. The molecule has 0 radical (unpaired) electrons. The molecule has 0 aliphatic rings. The number of carbonyl (C=O) groups is 1. The zero-order valence-corrected chi connectivity index (χ0v) is 13.6. The summed E-state index contributed by atoms with van der Waals surface area (Å²) in [4.78, 5) is 16.2. The fourth-order valence-electron chi connectivity index (χ4n) is 1.76. The van der Waals surface area contributed by atoms with Gasteiger partial charge >= 0.3 is 0 Å². The number of thiazole rings is 1. The molecular weight excluding hydrogens is 306 g/mol. The summed E-state index contributed by atoms with van der Waals surface area (Å²) >= 11 is 3.24. The van der Waals surface area contributed by atoms with Crippen LogP contribution in [0.1, 0.15) is 12.8 Å². The number of nitrogen functional groups attached to an aromatic ring is 1. The van der Waals surface area contributed by atoms with E-state index in [4.69, 9.17) is 10.5 Å². The van der Waals surface area contributed by atoms with Crippen LogP contribution >= 0.6 is 23.1 Å². The monoisotopic (exact) mass is 325 g/mol. The quantitative estimate of drug-likeness (QED) is 0.576. The Morgan fingerprint density at radius 3 is 3.14 bits per heavy atom. The second-order valence-electron chi connectivity index (χ2n) is 4.50. The summed E-state index contributed by atoms with van der Waals surface area (Å²) in [6, 6.07) is 5.54. The predicted molar refractivity (Wildman–Crippen MR) is 91.1 cm³/mol. The number of anilines is 2. The van der Waals surface area contributed by atoms with Crippen LogP contribution in [0.15, 0.2) is 18.2 Å². The predicted octanol–water partition coefficient (Wildman–Crippen LogP) is 2.98. The number of amides is 1. The molecule has 0 saturated heterocycles. The maximum atomic E-state index is 11.8. The molecule has 1 amide bonds. The van der Waals surface area contributed by atoms with Crippen molar-refractivity contribution in [3.05, 3.63) is 18.2 Å². The van der Waals surface area contributed by atoms with Gasteiger partial charge in [-0.15, -0.1) is 0 Å². The third-order valence-electron chi connectivity index (χ3n) is 2.78. The summed E-state index contributed by atoms with van der Waals surface area (Å²) in [7, 11) is 1.69. The van der Waals surface area contributed by atoms with Crippen molar-refractivity contribution in [2.24, 2.45) is 0 Å². The van der Waals surface area contributed by atoms with Crippen LogP contribution in [0, 0.1) is 0 Å². The van der Waals surface area contributed by atoms with Crippen molar-refractivity contribution < 1.29 is 9.53 Å². The highest BCUT2D eigenvalue weighted by Gasteiger charge is 2.07. The fraction of sp³-hybridized carbons (Fsp3) is 0.429. The third-order valence-corrected chi connectivity index (χ3v) is 4.75. The normalized spacial score (nSPS) is 10.9. The Hall–Kier alpha value is -1.31. The summed E-state index contributed by atoms with van der Waals surface area (Å²) in [6.45, 7) is 0.756. The average molecular weight is 325 g/mol. The Labute approximate surface area is 132 Å². The number of carbonyl (C=O) groups excluding carboxylic acids is 1. The maximum Gasteiger partial charge on any atom is 0.226 e. The van der Waals surface area contributed by atoms with Crippen LogP contribution in [0.4, 0.5) is 10.8 Å². The van der Waals surface area contributed by atoms with Crippen molar-refractivity contribution in [2.75, 3.05) is 36.3 Å². The minimum absolute atomic E-state index is 0.00868. The number of ether oxygens (including phenoxy) is 1. The Bertz CT molecular complexity index is 601. The van der Waals surface area contributed by atoms with Crippen molar-refractivity contribution in [1.29, 1.82) is 0 Å². The van der Waals surface area contributed by atoms with Gasteiger partial charge in [0.05, 0.1) is 16.8 Å². The molecule has 0 unspecified atom stereocenters. The van der Waals surface area contributed by atoms with E-state index < -0.39 is 0 Å². The van der Waals surface area contributed by atoms with Crippen LogP contribution in [0.5, 0.6) is 0 Å². The number of aromatic nitrogens is 1. The van der Waals surface area contributed by atoms with Gasteiger partial charge in [0.15, 0.2) is 5.13 Å². The van der Waals surface area contributed by atoms with Crippen LogP contribution in [0.3, 0.4) is 0 Å². The topological polar surface area (TPSA) is 77.2 Å². The summed E-state index contributed by atoms with van der Waals surface area (Å²) in [6.07, 6.45) is 1.37. The SMILES string of the molecule is COCCSCCCC(=O)Nc1nc2ccc(N)cc2s1. The molecule has 7 heteroatoms. The molecule has 0 saturated carbocycles. The Morgan fingerprint density at radius 1 is 1.48 bits per heavy atom. The van der Waals surface area contributed by atoms with E-state index in [0.29, 0.717) is 17.2 Å². The molecule has 1 aromatic heterocycles. The maximum absolute atomic E-state index is 11.8. The van der Waals surface area contributed by atoms with Crippen LogP contribution < -0.4 is 11.1 Å². The van der Waals surface area contributed by atoms with Crippen molar-refractivity contribution in [2.45, 2.75) is 12.8 Å². The van der Waals surface area contributed by atoms with Gasteiger partial charge in [-0.25, -0.2) is 4.98 Å². The summed E-state index contributed by atoms with van der Waals surface area (Å²) in [5.74, 6) is 1.94. The first kappa shape index (κ1) is 16.1. The first-order valence-electron chi connectivity index (χ1n) is 6.71. The van der Waals surface area contributed by atoms with E-state index in [1.54, 1.807) is 18.9 Å². The van der Waals surface area contributed by atoms with Gasteiger partial charge in [-0.3, -0.25) is 4.79 Å². The summed E-state index contributed by atoms with van der Waals surface area (Å²) < 4.78 is 5.96. The van der Waals surface area contributed by atoms with Gasteiger partial charge < -0.3 is 15.8 Å². The number of hydrogen-bond donors (Lipinski definition) is 2. The zero-order valence-electron chi connectivity index (χ0n) is 11.9. The molecule has 1 heterocycles. The molecule has 3 N–H and O–H groups in total. The molecule has 2 rings (SSSR count). The number of rotatable bonds is 8. The number of thioether (sulfide) groups is 1. The first-order chi connectivity index (χ1) is 10.2. The van der Waals surface area contributed by atoms with Gasteiger partial charge in [0.25, 0.3) is 0 Å². The molecular formula is C14H19N3O2S2. The third kappa shape index (κ3) is 5.18. The van der Waals surface area contributed by atoms with Crippen molar-refractivity contribution in [1.82, 2.24) is 4.98 Å². The van der Waals surface area contributed by atoms with E-state index >= 15 is 0 Å². The lowest BCUT2D eigenvalue weighted by Crippen LogP contribution is -2.11. The molecule has 21 heavy (non-hydrogen) atoms. The van der Waals surface area contributed by atoms with E-state index in [0.717, 1.165) is 34.8 Å². The molecule has 5 nitrogen and oxygen atoms in total. The fourth-order valence-corrected chi connectivity index (χ4v) is 3.52. The van der Waals surface area contributed by atoms with Gasteiger partial charge in [-0.05, 0) is 30.4 Å². The van der Waals surface area contributed by atoms with Gasteiger partial charge in [0.2, 0.25) is 5.91 Å². The highest BCUT2D eigenvalue weighted by atomic mass is 32.2. The van der Waals surface area contributed by atoms with E-state index in [9.17, 15) is 4.79 Å². The highest BCUT2D eigenvalue weighted by molar-refractivity contribution is 7.99. The summed E-state index contributed by atoms with van der Waals surface area (Å²) in [5.41, 5.74) is 7.30. The molecule has 114 valence electrons. The average Bonchev–Trinajstić information content (AvgIpc) is 2.83. The van der Waals surface area contributed by atoms with Gasteiger partial charge in [0, 0.05) is 25.0 Å². The Morgan fingerprint density at radius 2 is 2.33 bits per heavy atom. The molecule has 0 fully saturated rings. The minimum Gasteiger partial charge on any atom is -0.399 e. The zero-order chi connectivity index (χ0) is 15.1. The van der Waals surface area contributed by atoms with Crippen molar-refractivity contribution in [3.63, 3.8) is 0 Å². The summed E-state index contributed by atoms with van der Waals surface area (Å²) in [5, 5.41) is 3.48. The number of hydrogen-bond acceptors (Lipinski definition) is 6. The highest BCUT2D eigenvalue weighted by Crippen LogP contribution is 2.27. The molecule has 0 spiro atoms. The van der Waals surface area contributed by atoms with Gasteiger partial charge in [-0.2, -0.15) is 11.8 Å². The number of benzene rings is 1. The number of fused-ring (bicyclic) bond motifs is 1. The van der Waals surface area contributed by atoms with E-state index in [2.05, 4.69) is 10.3 Å². The van der Waals surface area contributed by atoms with Crippen LogP contribution in [0.25, 0.3) is 10.2 Å². The van der Waals surface area contributed by atoms with Crippen LogP contribution in [-0.4, -0.2) is 36.1 Å².